The van der Waals surface area contributed by atoms with Crippen LogP contribution in [0.2, 0.25) is 0 Å². The number of hydrogen-bond donors (Lipinski definition) is 1. The van der Waals surface area contributed by atoms with E-state index < -0.39 is 23.7 Å². The molecule has 1 aliphatic rings. The van der Waals surface area contributed by atoms with Gasteiger partial charge in [-0.2, -0.15) is 0 Å². The van der Waals surface area contributed by atoms with E-state index >= 15 is 0 Å². The van der Waals surface area contributed by atoms with Gasteiger partial charge in [-0.05, 0) is 26.0 Å². The van der Waals surface area contributed by atoms with E-state index in [1.165, 1.54) is 36.1 Å². The van der Waals surface area contributed by atoms with Crippen LogP contribution >= 0.6 is 11.8 Å². The van der Waals surface area contributed by atoms with Gasteiger partial charge in [0.2, 0.25) is 11.8 Å². The number of benzene rings is 1. The smallest absolute Gasteiger partial charge is 0.333 e. The van der Waals surface area contributed by atoms with Crippen LogP contribution in [0.3, 0.4) is 0 Å². The molecule has 1 atom stereocenters. The van der Waals surface area contributed by atoms with Crippen LogP contribution in [0.4, 0.5) is 10.1 Å². The number of carbonyl (C=O) groups excluding carboxylic acids is 3. The number of hydrogen-bond acceptors (Lipinski definition) is 5. The second kappa shape index (κ2) is 7.96. The first kappa shape index (κ1) is 18.0. The molecular formula is C16H17FN2O4S. The number of thioether (sulfide) groups is 1. The maximum atomic E-state index is 13.6. The number of anilines is 1. The molecule has 0 bridgehead atoms. The van der Waals surface area contributed by atoms with Gasteiger partial charge in [0.05, 0.1) is 29.2 Å². The van der Waals surface area contributed by atoms with E-state index in [2.05, 4.69) is 5.32 Å². The maximum absolute atomic E-state index is 13.6. The van der Waals surface area contributed by atoms with Crippen molar-refractivity contribution >= 4 is 35.2 Å². The highest BCUT2D eigenvalue weighted by molar-refractivity contribution is 8.04. The first-order valence-corrected chi connectivity index (χ1v) is 8.31. The predicted molar refractivity (Wildman–Crippen MR) is 88.5 cm³/mol. The van der Waals surface area contributed by atoms with E-state index in [-0.39, 0.29) is 24.0 Å². The summed E-state index contributed by atoms with van der Waals surface area (Å²) in [5.74, 6) is -1.87. The molecule has 6 nitrogen and oxygen atoms in total. The highest BCUT2D eigenvalue weighted by Crippen LogP contribution is 2.31. The quantitative estimate of drug-likeness (QED) is 0.649. The molecule has 1 aromatic carbocycles. The van der Waals surface area contributed by atoms with E-state index in [1.54, 1.807) is 13.0 Å². The van der Waals surface area contributed by atoms with Crippen LogP contribution < -0.4 is 5.32 Å². The van der Waals surface area contributed by atoms with Gasteiger partial charge >= 0.3 is 5.97 Å². The summed E-state index contributed by atoms with van der Waals surface area (Å²) >= 11 is 1.15. The van der Waals surface area contributed by atoms with Crippen LogP contribution in [0.5, 0.6) is 0 Å². The van der Waals surface area contributed by atoms with Crippen molar-refractivity contribution in [3.8, 4) is 0 Å². The average molecular weight is 352 g/mol. The Morgan fingerprint density at radius 2 is 2.17 bits per heavy atom. The van der Waals surface area contributed by atoms with Crippen molar-refractivity contribution in [2.45, 2.75) is 19.9 Å². The zero-order valence-electron chi connectivity index (χ0n) is 13.2. The Morgan fingerprint density at radius 1 is 1.46 bits per heavy atom. The zero-order chi connectivity index (χ0) is 17.7. The lowest BCUT2D eigenvalue weighted by molar-refractivity contribution is -0.137. The third-order valence-corrected chi connectivity index (χ3v) is 4.28. The molecule has 0 aliphatic carbocycles. The lowest BCUT2D eigenvalue weighted by atomic mass is 10.2. The Bertz CT molecular complexity index is 692. The summed E-state index contributed by atoms with van der Waals surface area (Å²) in [5.41, 5.74) is 0.0320. The second-order valence-electron chi connectivity index (χ2n) is 4.93. The fourth-order valence-electron chi connectivity index (χ4n) is 2.12. The minimum atomic E-state index is -0.896. The lowest BCUT2D eigenvalue weighted by Gasteiger charge is -2.24. The van der Waals surface area contributed by atoms with Crippen LogP contribution in [0, 0.1) is 5.82 Å². The van der Waals surface area contributed by atoms with Crippen LogP contribution in [-0.2, 0) is 19.1 Å². The van der Waals surface area contributed by atoms with Gasteiger partial charge in [0.25, 0.3) is 0 Å². The molecular weight excluding hydrogens is 335 g/mol. The summed E-state index contributed by atoms with van der Waals surface area (Å²) in [6, 6.07) is 4.86. The van der Waals surface area contributed by atoms with E-state index in [0.29, 0.717) is 5.03 Å². The van der Waals surface area contributed by atoms with Crippen molar-refractivity contribution < 1.29 is 23.5 Å². The molecule has 1 saturated heterocycles. The predicted octanol–water partition coefficient (Wildman–Crippen LogP) is 2.13. The highest BCUT2D eigenvalue weighted by atomic mass is 32.2. The molecule has 8 heteroatoms. The number of nitrogens with zero attached hydrogens (tertiary/aromatic N) is 1. The van der Waals surface area contributed by atoms with E-state index in [1.807, 2.05) is 0 Å². The molecule has 0 aromatic heterocycles. The third kappa shape index (κ3) is 4.14. The van der Waals surface area contributed by atoms with Crippen LogP contribution in [-0.4, -0.2) is 41.1 Å². The van der Waals surface area contributed by atoms with E-state index in [9.17, 15) is 18.8 Å². The van der Waals surface area contributed by atoms with Gasteiger partial charge < -0.3 is 10.1 Å². The summed E-state index contributed by atoms with van der Waals surface area (Å²) in [4.78, 5) is 37.2. The summed E-state index contributed by atoms with van der Waals surface area (Å²) in [6.07, 6.45) is 1.19. The maximum Gasteiger partial charge on any atom is 0.333 e. The number of amides is 2. The molecule has 2 rings (SSSR count). The molecule has 0 spiro atoms. The van der Waals surface area contributed by atoms with Crippen molar-refractivity contribution in [1.82, 2.24) is 4.90 Å². The molecule has 1 fully saturated rings. The minimum Gasteiger partial charge on any atom is -0.463 e. The summed E-state index contributed by atoms with van der Waals surface area (Å²) in [6.45, 7) is 3.40. The molecule has 1 aliphatic heterocycles. The normalized spacial score (nSPS) is 17.0. The molecule has 1 aromatic rings. The number of esters is 1. The monoisotopic (exact) mass is 352 g/mol. The van der Waals surface area contributed by atoms with E-state index in [4.69, 9.17) is 4.74 Å². The molecule has 0 unspecified atom stereocenters. The lowest BCUT2D eigenvalue weighted by Crippen LogP contribution is -2.42. The minimum absolute atomic E-state index is 0.0320. The van der Waals surface area contributed by atoms with Crippen molar-refractivity contribution in [3.05, 3.63) is 41.2 Å². The molecule has 0 radical (unpaired) electrons. The molecule has 1 heterocycles. The van der Waals surface area contributed by atoms with Crippen LogP contribution in [0.1, 0.15) is 13.8 Å². The summed E-state index contributed by atoms with van der Waals surface area (Å²) in [7, 11) is 0. The number of halogens is 1. The number of rotatable bonds is 5. The Morgan fingerprint density at radius 3 is 2.83 bits per heavy atom. The van der Waals surface area contributed by atoms with Crippen LogP contribution in [0.25, 0.3) is 0 Å². The number of para-hydroxylation sites is 1. The van der Waals surface area contributed by atoms with Crippen molar-refractivity contribution in [2.75, 3.05) is 17.7 Å². The average Bonchev–Trinajstić information content (AvgIpc) is 2.89. The first-order valence-electron chi connectivity index (χ1n) is 7.32. The molecule has 2 amide bonds. The molecule has 24 heavy (non-hydrogen) atoms. The van der Waals surface area contributed by atoms with Gasteiger partial charge in [-0.15, -0.1) is 0 Å². The zero-order valence-corrected chi connectivity index (χ0v) is 14.1. The van der Waals surface area contributed by atoms with Gasteiger partial charge in [-0.25, -0.2) is 9.18 Å². The van der Waals surface area contributed by atoms with Gasteiger partial charge in [-0.3, -0.25) is 14.5 Å². The van der Waals surface area contributed by atoms with Crippen molar-refractivity contribution in [1.29, 1.82) is 0 Å². The summed E-state index contributed by atoms with van der Waals surface area (Å²) in [5, 5.41) is 2.79. The fourth-order valence-corrected chi connectivity index (χ4v) is 3.11. The fraction of sp³-hybridized carbons (Fsp3) is 0.312. The van der Waals surface area contributed by atoms with Crippen LogP contribution in [0.15, 0.2) is 35.4 Å². The van der Waals surface area contributed by atoms with Gasteiger partial charge in [-0.1, -0.05) is 23.9 Å². The molecule has 1 N–H and O–H groups in total. The SMILES string of the molecule is CCOC(=O)/C=C1\SCC(=O)N1[C@@H](C)C(=O)Nc1ccccc1F. The van der Waals surface area contributed by atoms with Gasteiger partial charge in [0, 0.05) is 0 Å². The number of ether oxygens (including phenoxy) is 1. The Balaban J connectivity index is 2.15. The third-order valence-electron chi connectivity index (χ3n) is 3.28. The van der Waals surface area contributed by atoms with Crippen molar-refractivity contribution in [3.63, 3.8) is 0 Å². The Kier molecular flexibility index (Phi) is 5.97. The largest absolute Gasteiger partial charge is 0.463 e. The van der Waals surface area contributed by atoms with Gasteiger partial charge in [0.15, 0.2) is 0 Å². The Hall–Kier alpha value is -2.35. The van der Waals surface area contributed by atoms with Crippen molar-refractivity contribution in [2.24, 2.45) is 0 Å². The number of nitrogens with one attached hydrogen (secondary N) is 1. The Labute approximate surface area is 143 Å². The molecule has 0 saturated carbocycles. The summed E-state index contributed by atoms with van der Waals surface area (Å²) < 4.78 is 18.5. The van der Waals surface area contributed by atoms with Gasteiger partial charge in [0.1, 0.15) is 11.9 Å². The second-order valence-corrected chi connectivity index (χ2v) is 5.93. The number of carbonyl (C=O) groups is 3. The highest BCUT2D eigenvalue weighted by Gasteiger charge is 2.35. The topological polar surface area (TPSA) is 75.7 Å². The standard InChI is InChI=1S/C16H17FN2O4S/c1-3-23-15(21)8-14-19(13(20)9-24-14)10(2)16(22)18-12-7-5-4-6-11(12)17/h4-8,10H,3,9H2,1-2H3,(H,18,22)/b14-8-/t10-/m0/s1. The van der Waals surface area contributed by atoms with E-state index in [0.717, 1.165) is 11.8 Å². The first-order chi connectivity index (χ1) is 11.4. The molecule has 128 valence electrons.